The highest BCUT2D eigenvalue weighted by atomic mass is 16.7. The van der Waals surface area contributed by atoms with Crippen LogP contribution in [0.3, 0.4) is 0 Å². The van der Waals surface area contributed by atoms with E-state index in [0.29, 0.717) is 5.92 Å². The second-order valence-electron chi connectivity index (χ2n) is 7.54. The molecule has 0 spiro atoms. The molecule has 0 saturated carbocycles. The quantitative estimate of drug-likeness (QED) is 0.777. The van der Waals surface area contributed by atoms with E-state index in [4.69, 9.17) is 9.31 Å². The number of rotatable bonds is 2. The summed E-state index contributed by atoms with van der Waals surface area (Å²) in [5, 5.41) is 0. The van der Waals surface area contributed by atoms with E-state index in [1.165, 1.54) is 0 Å². The van der Waals surface area contributed by atoms with Crippen LogP contribution >= 0.6 is 0 Å². The van der Waals surface area contributed by atoms with Crippen LogP contribution in [0, 0.1) is 0 Å². The van der Waals surface area contributed by atoms with Gasteiger partial charge in [-0.2, -0.15) is 0 Å². The fourth-order valence-electron chi connectivity index (χ4n) is 2.93. The lowest BCUT2D eigenvalue weighted by molar-refractivity contribution is 0.00578. The number of hydrogen-bond acceptors (Lipinski definition) is 5. The van der Waals surface area contributed by atoms with Gasteiger partial charge in [0.15, 0.2) is 0 Å². The summed E-state index contributed by atoms with van der Waals surface area (Å²) >= 11 is 0. The largest absolute Gasteiger partial charge is 0.498 e. The van der Waals surface area contributed by atoms with Gasteiger partial charge in [0.05, 0.1) is 11.2 Å². The van der Waals surface area contributed by atoms with E-state index in [2.05, 4.69) is 49.6 Å². The SMILES string of the molecule is CN1CCC(c2ncc(B3OC(C)(C)C(C)(C)O3)cn2)CC1. The van der Waals surface area contributed by atoms with Crippen molar-refractivity contribution in [3.05, 3.63) is 18.2 Å². The molecule has 1 aromatic rings. The molecule has 22 heavy (non-hydrogen) atoms. The summed E-state index contributed by atoms with van der Waals surface area (Å²) in [5.41, 5.74) is 0.240. The van der Waals surface area contributed by atoms with Gasteiger partial charge < -0.3 is 14.2 Å². The first kappa shape index (κ1) is 15.9. The minimum atomic E-state index is -0.378. The number of hydrogen-bond donors (Lipinski definition) is 0. The highest BCUT2D eigenvalue weighted by molar-refractivity contribution is 6.61. The second kappa shape index (κ2) is 5.58. The van der Waals surface area contributed by atoms with Gasteiger partial charge in [0.1, 0.15) is 5.82 Å². The molecule has 1 aromatic heterocycles. The Kier molecular flexibility index (Phi) is 4.04. The van der Waals surface area contributed by atoms with E-state index >= 15 is 0 Å². The second-order valence-corrected chi connectivity index (χ2v) is 7.54. The molecule has 2 aliphatic rings. The maximum atomic E-state index is 6.04. The van der Waals surface area contributed by atoms with Crippen LogP contribution in [-0.4, -0.2) is 53.3 Å². The summed E-state index contributed by atoms with van der Waals surface area (Å²) in [6.07, 6.45) is 5.99. The van der Waals surface area contributed by atoms with Crippen molar-refractivity contribution in [2.75, 3.05) is 20.1 Å². The fourth-order valence-corrected chi connectivity index (χ4v) is 2.93. The molecule has 6 heteroatoms. The molecule has 0 atom stereocenters. The van der Waals surface area contributed by atoms with Gasteiger partial charge in [-0.25, -0.2) is 9.97 Å². The summed E-state index contributed by atoms with van der Waals surface area (Å²) in [5.74, 6) is 1.43. The van der Waals surface area contributed by atoms with Gasteiger partial charge in [0.2, 0.25) is 0 Å². The molecule has 0 amide bonds. The third kappa shape index (κ3) is 2.92. The van der Waals surface area contributed by atoms with Crippen LogP contribution in [0.4, 0.5) is 0 Å². The van der Waals surface area contributed by atoms with Crippen molar-refractivity contribution in [2.24, 2.45) is 0 Å². The lowest BCUT2D eigenvalue weighted by atomic mass is 9.81. The maximum Gasteiger partial charge on any atom is 0.498 e. The Bertz CT molecular complexity index is 509. The molecule has 0 radical (unpaired) electrons. The number of likely N-dealkylation sites (tertiary alicyclic amines) is 1. The van der Waals surface area contributed by atoms with E-state index in [1.54, 1.807) is 0 Å². The number of piperidine rings is 1. The van der Waals surface area contributed by atoms with Crippen molar-refractivity contribution in [2.45, 2.75) is 57.7 Å². The predicted molar refractivity (Wildman–Crippen MR) is 87.2 cm³/mol. The van der Waals surface area contributed by atoms with Crippen LogP contribution in [0.1, 0.15) is 52.3 Å². The highest BCUT2D eigenvalue weighted by Gasteiger charge is 2.51. The Balaban J connectivity index is 1.70. The first-order valence-corrected chi connectivity index (χ1v) is 8.14. The van der Waals surface area contributed by atoms with Crippen molar-refractivity contribution in [3.63, 3.8) is 0 Å². The lowest BCUT2D eigenvalue weighted by Gasteiger charge is -2.32. The minimum Gasteiger partial charge on any atom is -0.399 e. The van der Waals surface area contributed by atoms with Gasteiger partial charge in [-0.3, -0.25) is 0 Å². The molecule has 0 aliphatic carbocycles. The Morgan fingerprint density at radius 1 is 1.05 bits per heavy atom. The Labute approximate surface area is 133 Å². The summed E-state index contributed by atoms with van der Waals surface area (Å²) in [4.78, 5) is 11.5. The molecule has 2 saturated heterocycles. The molecule has 2 fully saturated rings. The van der Waals surface area contributed by atoms with Crippen molar-refractivity contribution in [1.29, 1.82) is 0 Å². The van der Waals surface area contributed by atoms with E-state index in [-0.39, 0.29) is 18.3 Å². The van der Waals surface area contributed by atoms with Crippen LogP contribution in [0.25, 0.3) is 0 Å². The summed E-state index contributed by atoms with van der Waals surface area (Å²) in [6, 6.07) is 0. The normalized spacial score (nSPS) is 25.6. The van der Waals surface area contributed by atoms with Gasteiger partial charge >= 0.3 is 7.12 Å². The zero-order valence-electron chi connectivity index (χ0n) is 14.3. The molecule has 0 N–H and O–H groups in total. The summed E-state index contributed by atoms with van der Waals surface area (Å²) in [6.45, 7) is 10.5. The third-order valence-electron chi connectivity index (χ3n) is 5.30. The van der Waals surface area contributed by atoms with Crippen molar-refractivity contribution in [3.8, 4) is 0 Å². The van der Waals surface area contributed by atoms with Crippen molar-refractivity contribution in [1.82, 2.24) is 14.9 Å². The maximum absolute atomic E-state index is 6.04. The molecular weight excluding hydrogens is 277 g/mol. The van der Waals surface area contributed by atoms with Crippen LogP contribution in [-0.2, 0) is 9.31 Å². The zero-order valence-corrected chi connectivity index (χ0v) is 14.3. The molecule has 2 aliphatic heterocycles. The van der Waals surface area contributed by atoms with Gasteiger partial charge in [-0.15, -0.1) is 0 Å². The van der Waals surface area contributed by atoms with E-state index in [1.807, 2.05) is 12.4 Å². The monoisotopic (exact) mass is 303 g/mol. The van der Waals surface area contributed by atoms with Gasteiger partial charge in [0.25, 0.3) is 0 Å². The molecule has 0 unspecified atom stereocenters. The van der Waals surface area contributed by atoms with Gasteiger partial charge in [-0.05, 0) is 60.7 Å². The molecule has 0 bridgehead atoms. The number of nitrogens with zero attached hydrogens (tertiary/aromatic N) is 3. The van der Waals surface area contributed by atoms with E-state index < -0.39 is 0 Å². The summed E-state index contributed by atoms with van der Waals surface area (Å²) in [7, 11) is 1.79. The van der Waals surface area contributed by atoms with Gasteiger partial charge in [-0.1, -0.05) is 0 Å². The van der Waals surface area contributed by atoms with Crippen LogP contribution in [0.15, 0.2) is 12.4 Å². The van der Waals surface area contributed by atoms with E-state index in [9.17, 15) is 0 Å². The first-order valence-electron chi connectivity index (χ1n) is 8.14. The number of aromatic nitrogens is 2. The van der Waals surface area contributed by atoms with Crippen LogP contribution in [0.2, 0.25) is 0 Å². The fraction of sp³-hybridized carbons (Fsp3) is 0.750. The lowest BCUT2D eigenvalue weighted by Crippen LogP contribution is -2.41. The molecule has 3 rings (SSSR count). The first-order chi connectivity index (χ1) is 10.3. The molecule has 3 heterocycles. The molecule has 120 valence electrons. The highest BCUT2D eigenvalue weighted by Crippen LogP contribution is 2.36. The summed E-state index contributed by atoms with van der Waals surface area (Å²) < 4.78 is 12.1. The zero-order chi connectivity index (χ0) is 16.0. The standard InChI is InChI=1S/C16H26BN3O2/c1-15(2)16(3,4)22-17(21-15)13-10-18-14(19-11-13)12-6-8-20(5)9-7-12/h10-12H,6-9H2,1-5H3. The average molecular weight is 303 g/mol. The Morgan fingerprint density at radius 2 is 1.55 bits per heavy atom. The van der Waals surface area contributed by atoms with E-state index in [0.717, 1.165) is 37.2 Å². The average Bonchev–Trinajstić information content (AvgIpc) is 2.68. The topological polar surface area (TPSA) is 47.5 Å². The predicted octanol–water partition coefficient (Wildman–Crippen LogP) is 1.58. The minimum absolute atomic E-state index is 0.329. The molecule has 5 nitrogen and oxygen atoms in total. The Hall–Kier alpha value is -0.975. The third-order valence-corrected chi connectivity index (χ3v) is 5.30. The van der Waals surface area contributed by atoms with Gasteiger partial charge in [0, 0.05) is 23.8 Å². The molecule has 0 aromatic carbocycles. The van der Waals surface area contributed by atoms with Crippen LogP contribution < -0.4 is 5.46 Å². The van der Waals surface area contributed by atoms with Crippen molar-refractivity contribution >= 4 is 12.6 Å². The van der Waals surface area contributed by atoms with Crippen LogP contribution in [0.5, 0.6) is 0 Å². The Morgan fingerprint density at radius 3 is 2.05 bits per heavy atom. The molecular formula is C16H26BN3O2. The smallest absolute Gasteiger partial charge is 0.399 e. The van der Waals surface area contributed by atoms with Crippen molar-refractivity contribution < 1.29 is 9.31 Å².